The van der Waals surface area contributed by atoms with Crippen molar-refractivity contribution in [2.45, 2.75) is 20.3 Å². The van der Waals surface area contributed by atoms with Crippen LogP contribution in [0.2, 0.25) is 0 Å². The van der Waals surface area contributed by atoms with E-state index in [2.05, 4.69) is 26.6 Å². The normalized spacial score (nSPS) is 10.6. The van der Waals surface area contributed by atoms with Crippen LogP contribution in [0.1, 0.15) is 22.4 Å². The van der Waals surface area contributed by atoms with Gasteiger partial charge in [-0.15, -0.1) is 10.2 Å². The smallest absolute Gasteiger partial charge is 0.274 e. The van der Waals surface area contributed by atoms with E-state index in [1.165, 1.54) is 12.1 Å². The van der Waals surface area contributed by atoms with Crippen molar-refractivity contribution >= 4 is 11.6 Å². The van der Waals surface area contributed by atoms with Gasteiger partial charge in [0.2, 0.25) is 5.95 Å². The molecule has 0 aliphatic carbocycles. The number of nitrogens with one attached hydrogen (secondary N) is 2. The van der Waals surface area contributed by atoms with Crippen molar-refractivity contribution in [3.8, 4) is 0 Å². The standard InChI is InChI=1S/C18H17FN4O/c1-11-7-12(2)9-15(8-11)20-18-21-17(24)16(22-23-18)10-13-3-5-14(19)6-4-13/h3-9H,10H2,1-2H3,(H2,20,21,23,24). The van der Waals surface area contributed by atoms with E-state index in [4.69, 9.17) is 0 Å². The summed E-state index contributed by atoms with van der Waals surface area (Å²) in [6.45, 7) is 4.00. The number of anilines is 2. The van der Waals surface area contributed by atoms with Crippen molar-refractivity contribution in [2.75, 3.05) is 5.32 Å². The minimum Gasteiger partial charge on any atom is -0.324 e. The maximum Gasteiger partial charge on any atom is 0.274 e. The molecule has 3 rings (SSSR count). The van der Waals surface area contributed by atoms with Gasteiger partial charge in [0.15, 0.2) is 0 Å². The summed E-state index contributed by atoms with van der Waals surface area (Å²) in [5.41, 5.74) is 3.82. The van der Waals surface area contributed by atoms with Crippen LogP contribution in [0.25, 0.3) is 0 Å². The monoisotopic (exact) mass is 324 g/mol. The van der Waals surface area contributed by atoms with Gasteiger partial charge in [-0.25, -0.2) is 4.39 Å². The first kappa shape index (κ1) is 15.9. The van der Waals surface area contributed by atoms with Gasteiger partial charge >= 0.3 is 0 Å². The van der Waals surface area contributed by atoms with E-state index in [1.54, 1.807) is 12.1 Å². The van der Waals surface area contributed by atoms with E-state index in [1.807, 2.05) is 26.0 Å². The van der Waals surface area contributed by atoms with Gasteiger partial charge in [0.25, 0.3) is 5.56 Å². The van der Waals surface area contributed by atoms with Crippen LogP contribution in [0, 0.1) is 19.7 Å². The zero-order valence-corrected chi connectivity index (χ0v) is 13.4. The molecule has 0 spiro atoms. The van der Waals surface area contributed by atoms with Crippen LogP contribution < -0.4 is 10.9 Å². The third-order valence-electron chi connectivity index (χ3n) is 3.53. The van der Waals surface area contributed by atoms with E-state index in [-0.39, 0.29) is 23.0 Å². The Balaban J connectivity index is 1.79. The number of benzene rings is 2. The van der Waals surface area contributed by atoms with Crippen LogP contribution in [0.4, 0.5) is 16.0 Å². The summed E-state index contributed by atoms with van der Waals surface area (Å²) in [6.07, 6.45) is 0.298. The van der Waals surface area contributed by atoms with Crippen LogP contribution in [0.15, 0.2) is 47.3 Å². The molecule has 3 aromatic rings. The first-order chi connectivity index (χ1) is 11.5. The Kier molecular flexibility index (Phi) is 4.37. The number of aromatic amines is 1. The molecule has 0 saturated carbocycles. The molecule has 0 fully saturated rings. The number of rotatable bonds is 4. The van der Waals surface area contributed by atoms with Crippen molar-refractivity contribution in [3.05, 3.63) is 81.0 Å². The Morgan fingerprint density at radius 2 is 1.71 bits per heavy atom. The van der Waals surface area contributed by atoms with Gasteiger partial charge in [-0.2, -0.15) is 0 Å². The average Bonchev–Trinajstić information content (AvgIpc) is 2.51. The van der Waals surface area contributed by atoms with Gasteiger partial charge in [-0.1, -0.05) is 18.2 Å². The van der Waals surface area contributed by atoms with Crippen LogP contribution in [-0.2, 0) is 6.42 Å². The maximum absolute atomic E-state index is 12.9. The van der Waals surface area contributed by atoms with Crippen molar-refractivity contribution < 1.29 is 4.39 Å². The number of halogens is 1. The molecular formula is C18H17FN4O. The number of hydrogen-bond acceptors (Lipinski definition) is 4. The fourth-order valence-corrected chi connectivity index (χ4v) is 2.51. The second-order valence-corrected chi connectivity index (χ2v) is 5.75. The number of hydrogen-bond donors (Lipinski definition) is 2. The molecule has 122 valence electrons. The predicted molar refractivity (Wildman–Crippen MR) is 91.1 cm³/mol. The lowest BCUT2D eigenvalue weighted by molar-refractivity contribution is 0.627. The number of H-pyrrole nitrogens is 1. The maximum atomic E-state index is 12.9. The van der Waals surface area contributed by atoms with E-state index in [0.717, 1.165) is 22.4 Å². The van der Waals surface area contributed by atoms with E-state index >= 15 is 0 Å². The van der Waals surface area contributed by atoms with Gasteiger partial charge < -0.3 is 5.32 Å². The Morgan fingerprint density at radius 1 is 1.04 bits per heavy atom. The van der Waals surface area contributed by atoms with Crippen molar-refractivity contribution in [3.63, 3.8) is 0 Å². The van der Waals surface area contributed by atoms with Crippen LogP contribution >= 0.6 is 0 Å². The minimum atomic E-state index is -0.318. The van der Waals surface area contributed by atoms with E-state index in [9.17, 15) is 9.18 Å². The third-order valence-corrected chi connectivity index (χ3v) is 3.53. The van der Waals surface area contributed by atoms with Crippen molar-refractivity contribution in [2.24, 2.45) is 0 Å². The van der Waals surface area contributed by atoms with Crippen LogP contribution in [-0.4, -0.2) is 15.2 Å². The zero-order valence-electron chi connectivity index (χ0n) is 13.4. The molecule has 1 heterocycles. The molecule has 0 aliphatic heterocycles. The molecule has 0 atom stereocenters. The fourth-order valence-electron chi connectivity index (χ4n) is 2.51. The Bertz CT molecular complexity index is 899. The van der Waals surface area contributed by atoms with Crippen LogP contribution in [0.3, 0.4) is 0 Å². The minimum absolute atomic E-state index is 0.285. The summed E-state index contributed by atoms with van der Waals surface area (Å²) in [5.74, 6) is -0.0282. The number of nitrogens with zero attached hydrogens (tertiary/aromatic N) is 2. The zero-order chi connectivity index (χ0) is 17.1. The summed E-state index contributed by atoms with van der Waals surface area (Å²) < 4.78 is 12.9. The molecular weight excluding hydrogens is 307 g/mol. The Labute approximate surface area is 138 Å². The molecule has 2 N–H and O–H groups in total. The molecule has 0 bridgehead atoms. The number of aromatic nitrogens is 3. The summed E-state index contributed by atoms with van der Waals surface area (Å²) in [6, 6.07) is 11.9. The third kappa shape index (κ3) is 3.84. The first-order valence-electron chi connectivity index (χ1n) is 7.55. The molecule has 2 aromatic carbocycles. The lowest BCUT2D eigenvalue weighted by atomic mass is 10.1. The molecule has 5 nitrogen and oxygen atoms in total. The summed E-state index contributed by atoms with van der Waals surface area (Å²) in [5, 5.41) is 11.1. The molecule has 24 heavy (non-hydrogen) atoms. The van der Waals surface area contributed by atoms with Gasteiger partial charge in [0.05, 0.1) is 0 Å². The Hall–Kier alpha value is -3.02. The molecule has 0 saturated heterocycles. The quantitative estimate of drug-likeness (QED) is 0.773. The highest BCUT2D eigenvalue weighted by molar-refractivity contribution is 5.55. The van der Waals surface area contributed by atoms with Gasteiger partial charge in [-0.05, 0) is 54.8 Å². The molecule has 0 unspecified atom stereocenters. The number of aryl methyl sites for hydroxylation is 2. The van der Waals surface area contributed by atoms with Gasteiger partial charge in [0.1, 0.15) is 11.5 Å². The van der Waals surface area contributed by atoms with Crippen molar-refractivity contribution in [1.29, 1.82) is 0 Å². The summed E-state index contributed by atoms with van der Waals surface area (Å²) in [7, 11) is 0. The molecule has 0 aliphatic rings. The van der Waals surface area contributed by atoms with Crippen molar-refractivity contribution in [1.82, 2.24) is 15.2 Å². The SMILES string of the molecule is Cc1cc(C)cc(Nc2nnc(Cc3ccc(F)cc3)c(=O)[nH]2)c1. The van der Waals surface area contributed by atoms with Gasteiger partial charge in [-0.3, -0.25) is 9.78 Å². The predicted octanol–water partition coefficient (Wildman–Crippen LogP) is 3.26. The molecule has 0 amide bonds. The highest BCUT2D eigenvalue weighted by Gasteiger charge is 2.07. The van der Waals surface area contributed by atoms with Crippen LogP contribution in [0.5, 0.6) is 0 Å². The fraction of sp³-hybridized carbons (Fsp3) is 0.167. The second kappa shape index (κ2) is 6.62. The van der Waals surface area contributed by atoms with E-state index in [0.29, 0.717) is 6.42 Å². The second-order valence-electron chi connectivity index (χ2n) is 5.75. The summed E-state index contributed by atoms with van der Waals surface area (Å²) in [4.78, 5) is 14.8. The average molecular weight is 324 g/mol. The lowest BCUT2D eigenvalue weighted by Gasteiger charge is -2.07. The topological polar surface area (TPSA) is 70.7 Å². The lowest BCUT2D eigenvalue weighted by Crippen LogP contribution is -2.18. The molecule has 0 radical (unpaired) electrons. The highest BCUT2D eigenvalue weighted by Crippen LogP contribution is 2.16. The highest BCUT2D eigenvalue weighted by atomic mass is 19.1. The van der Waals surface area contributed by atoms with E-state index < -0.39 is 0 Å². The summed E-state index contributed by atoms with van der Waals surface area (Å²) >= 11 is 0. The molecule has 1 aromatic heterocycles. The first-order valence-corrected chi connectivity index (χ1v) is 7.55. The largest absolute Gasteiger partial charge is 0.324 e. The van der Waals surface area contributed by atoms with Gasteiger partial charge in [0, 0.05) is 12.1 Å². The molecule has 6 heteroatoms. The Morgan fingerprint density at radius 3 is 2.33 bits per heavy atom.